The fourth-order valence-corrected chi connectivity index (χ4v) is 3.21. The Morgan fingerprint density at radius 2 is 1.87 bits per heavy atom. The minimum atomic E-state index is -0.624. The van der Waals surface area contributed by atoms with Crippen molar-refractivity contribution in [3.63, 3.8) is 0 Å². The summed E-state index contributed by atoms with van der Waals surface area (Å²) in [6.07, 6.45) is 12.6. The van der Waals surface area contributed by atoms with E-state index >= 15 is 0 Å². The van der Waals surface area contributed by atoms with Crippen LogP contribution in [0.5, 0.6) is 0 Å². The summed E-state index contributed by atoms with van der Waals surface area (Å²) in [5.41, 5.74) is 0. The lowest BCUT2D eigenvalue weighted by Gasteiger charge is -2.34. The highest BCUT2D eigenvalue weighted by Crippen LogP contribution is 2.39. The lowest BCUT2D eigenvalue weighted by atomic mass is 9.70. The zero-order valence-corrected chi connectivity index (χ0v) is 9.19. The lowest BCUT2D eigenvalue weighted by molar-refractivity contribution is -0.142. The van der Waals surface area contributed by atoms with Gasteiger partial charge in [0, 0.05) is 0 Å². The third kappa shape index (κ3) is 2.42. The SMILES string of the molecule is O=C(O)C1C=CCCC1C1CCCCC1. The van der Waals surface area contributed by atoms with Crippen molar-refractivity contribution in [3.8, 4) is 0 Å². The molecule has 0 aliphatic heterocycles. The molecular formula is C13H20O2. The highest BCUT2D eigenvalue weighted by molar-refractivity contribution is 5.72. The maximum atomic E-state index is 11.2. The first-order valence-electron chi connectivity index (χ1n) is 6.18. The molecule has 2 aliphatic carbocycles. The van der Waals surface area contributed by atoms with Gasteiger partial charge in [0.1, 0.15) is 0 Å². The number of aliphatic carboxylic acids is 1. The molecule has 0 aromatic heterocycles. The van der Waals surface area contributed by atoms with Crippen molar-refractivity contribution in [1.82, 2.24) is 0 Å². The molecule has 0 aromatic carbocycles. The summed E-state index contributed by atoms with van der Waals surface area (Å²) in [7, 11) is 0. The average Bonchev–Trinajstić information content (AvgIpc) is 2.30. The van der Waals surface area contributed by atoms with Gasteiger partial charge in [0.25, 0.3) is 0 Å². The van der Waals surface area contributed by atoms with Crippen LogP contribution in [0.2, 0.25) is 0 Å². The molecule has 84 valence electrons. The van der Waals surface area contributed by atoms with Crippen molar-refractivity contribution in [3.05, 3.63) is 12.2 Å². The minimum Gasteiger partial charge on any atom is -0.481 e. The van der Waals surface area contributed by atoms with Gasteiger partial charge in [-0.1, -0.05) is 44.3 Å². The maximum Gasteiger partial charge on any atom is 0.310 e. The van der Waals surface area contributed by atoms with Crippen molar-refractivity contribution < 1.29 is 9.90 Å². The second-order valence-corrected chi connectivity index (χ2v) is 4.93. The molecule has 0 amide bonds. The van der Waals surface area contributed by atoms with E-state index in [-0.39, 0.29) is 5.92 Å². The van der Waals surface area contributed by atoms with Gasteiger partial charge in [0.2, 0.25) is 0 Å². The van der Waals surface area contributed by atoms with Crippen molar-refractivity contribution in [2.75, 3.05) is 0 Å². The molecule has 1 fully saturated rings. The maximum absolute atomic E-state index is 11.2. The van der Waals surface area contributed by atoms with Crippen molar-refractivity contribution >= 4 is 5.97 Å². The Labute approximate surface area is 91.4 Å². The molecule has 2 rings (SSSR count). The molecule has 2 unspecified atom stereocenters. The summed E-state index contributed by atoms with van der Waals surface area (Å²) in [4.78, 5) is 11.2. The Hall–Kier alpha value is -0.790. The molecule has 0 spiro atoms. The van der Waals surface area contributed by atoms with Gasteiger partial charge in [-0.3, -0.25) is 4.79 Å². The van der Waals surface area contributed by atoms with Gasteiger partial charge in [0.05, 0.1) is 5.92 Å². The van der Waals surface area contributed by atoms with Crippen LogP contribution in [0, 0.1) is 17.8 Å². The van der Waals surface area contributed by atoms with Gasteiger partial charge in [-0.2, -0.15) is 0 Å². The molecule has 0 heterocycles. The first-order chi connectivity index (χ1) is 7.29. The largest absolute Gasteiger partial charge is 0.481 e. The van der Waals surface area contributed by atoms with Gasteiger partial charge in [-0.05, 0) is 24.7 Å². The van der Waals surface area contributed by atoms with E-state index in [9.17, 15) is 9.90 Å². The van der Waals surface area contributed by atoms with E-state index in [0.717, 1.165) is 12.8 Å². The monoisotopic (exact) mass is 208 g/mol. The molecule has 0 radical (unpaired) electrons. The average molecular weight is 208 g/mol. The van der Waals surface area contributed by atoms with Crippen LogP contribution < -0.4 is 0 Å². The Balaban J connectivity index is 2.04. The van der Waals surface area contributed by atoms with Gasteiger partial charge in [0.15, 0.2) is 0 Å². The number of carboxylic acid groups (broad SMARTS) is 1. The Bertz CT molecular complexity index is 251. The summed E-state index contributed by atoms with van der Waals surface area (Å²) < 4.78 is 0. The molecule has 1 saturated carbocycles. The van der Waals surface area contributed by atoms with Crippen LogP contribution in [0.4, 0.5) is 0 Å². The number of hydrogen-bond donors (Lipinski definition) is 1. The second kappa shape index (κ2) is 4.82. The van der Waals surface area contributed by atoms with E-state index in [4.69, 9.17) is 0 Å². The van der Waals surface area contributed by atoms with E-state index in [0.29, 0.717) is 11.8 Å². The molecule has 2 aliphatic rings. The molecule has 2 nitrogen and oxygen atoms in total. The smallest absolute Gasteiger partial charge is 0.310 e. The van der Waals surface area contributed by atoms with Crippen molar-refractivity contribution in [2.24, 2.45) is 17.8 Å². The predicted molar refractivity (Wildman–Crippen MR) is 59.6 cm³/mol. The molecule has 2 heteroatoms. The van der Waals surface area contributed by atoms with Gasteiger partial charge in [-0.25, -0.2) is 0 Å². The van der Waals surface area contributed by atoms with Crippen LogP contribution in [0.1, 0.15) is 44.9 Å². The number of hydrogen-bond acceptors (Lipinski definition) is 1. The van der Waals surface area contributed by atoms with E-state index in [1.807, 2.05) is 12.2 Å². The van der Waals surface area contributed by atoms with E-state index < -0.39 is 5.97 Å². The number of rotatable bonds is 2. The number of allylic oxidation sites excluding steroid dienone is 1. The zero-order valence-electron chi connectivity index (χ0n) is 9.19. The number of carboxylic acids is 1. The van der Waals surface area contributed by atoms with Crippen LogP contribution in [-0.2, 0) is 4.79 Å². The van der Waals surface area contributed by atoms with E-state index in [1.165, 1.54) is 32.1 Å². The highest BCUT2D eigenvalue weighted by Gasteiger charge is 2.34. The second-order valence-electron chi connectivity index (χ2n) is 4.93. The lowest BCUT2D eigenvalue weighted by Crippen LogP contribution is -2.31. The first kappa shape index (κ1) is 10.7. The summed E-state index contributed by atoms with van der Waals surface area (Å²) in [5, 5.41) is 9.19. The molecule has 1 N–H and O–H groups in total. The Morgan fingerprint density at radius 3 is 2.53 bits per heavy atom. The summed E-state index contributed by atoms with van der Waals surface area (Å²) in [6.45, 7) is 0. The van der Waals surface area contributed by atoms with Gasteiger partial charge < -0.3 is 5.11 Å². The fraction of sp³-hybridized carbons (Fsp3) is 0.769. The Kier molecular flexibility index (Phi) is 3.45. The van der Waals surface area contributed by atoms with Crippen molar-refractivity contribution in [1.29, 1.82) is 0 Å². The summed E-state index contributed by atoms with van der Waals surface area (Å²) in [6, 6.07) is 0. The summed E-state index contributed by atoms with van der Waals surface area (Å²) in [5.74, 6) is 0.251. The Morgan fingerprint density at radius 1 is 1.13 bits per heavy atom. The summed E-state index contributed by atoms with van der Waals surface area (Å²) >= 11 is 0. The quantitative estimate of drug-likeness (QED) is 0.707. The third-order valence-electron chi connectivity index (χ3n) is 4.01. The van der Waals surface area contributed by atoms with Crippen LogP contribution in [0.15, 0.2) is 12.2 Å². The standard InChI is InChI=1S/C13H20O2/c14-13(15)12-9-5-4-8-11(12)10-6-2-1-3-7-10/h5,9-12H,1-4,6-8H2,(H,14,15). The zero-order chi connectivity index (χ0) is 10.7. The molecule has 0 bridgehead atoms. The normalized spacial score (nSPS) is 32.8. The van der Waals surface area contributed by atoms with Crippen LogP contribution in [-0.4, -0.2) is 11.1 Å². The number of carbonyl (C=O) groups is 1. The molecule has 2 atom stereocenters. The minimum absolute atomic E-state index is 0.207. The molecule has 0 saturated heterocycles. The molecular weight excluding hydrogens is 188 g/mol. The van der Waals surface area contributed by atoms with Crippen LogP contribution >= 0.6 is 0 Å². The fourth-order valence-electron chi connectivity index (χ4n) is 3.21. The highest BCUT2D eigenvalue weighted by atomic mass is 16.4. The first-order valence-corrected chi connectivity index (χ1v) is 6.18. The van der Waals surface area contributed by atoms with Gasteiger partial charge >= 0.3 is 5.97 Å². The van der Waals surface area contributed by atoms with Crippen LogP contribution in [0.25, 0.3) is 0 Å². The molecule has 0 aromatic rings. The third-order valence-corrected chi connectivity index (χ3v) is 4.01. The van der Waals surface area contributed by atoms with Gasteiger partial charge in [-0.15, -0.1) is 0 Å². The van der Waals surface area contributed by atoms with E-state index in [1.54, 1.807) is 0 Å². The van der Waals surface area contributed by atoms with E-state index in [2.05, 4.69) is 0 Å². The van der Waals surface area contributed by atoms with Crippen LogP contribution in [0.3, 0.4) is 0 Å². The molecule has 15 heavy (non-hydrogen) atoms. The predicted octanol–water partition coefficient (Wildman–Crippen LogP) is 3.23. The topological polar surface area (TPSA) is 37.3 Å². The van der Waals surface area contributed by atoms with Crippen molar-refractivity contribution in [2.45, 2.75) is 44.9 Å².